The highest BCUT2D eigenvalue weighted by Crippen LogP contribution is 2.24. The topological polar surface area (TPSA) is 44.6 Å². The van der Waals surface area contributed by atoms with E-state index in [9.17, 15) is 5.11 Å². The van der Waals surface area contributed by atoms with Gasteiger partial charge in [0.15, 0.2) is 0 Å². The third kappa shape index (κ3) is 2.10. The van der Waals surface area contributed by atoms with Gasteiger partial charge in [-0.1, -0.05) is 13.8 Å². The number of rotatable bonds is 2. The molecule has 1 aliphatic rings. The number of hydrogen-bond donors (Lipinski definition) is 2. The zero-order valence-electron chi connectivity index (χ0n) is 8.70. The van der Waals surface area contributed by atoms with Gasteiger partial charge in [-0.15, -0.1) is 0 Å². The van der Waals surface area contributed by atoms with Crippen molar-refractivity contribution in [1.29, 1.82) is 0 Å². The van der Waals surface area contributed by atoms with Crippen molar-refractivity contribution in [3.05, 3.63) is 11.9 Å². The SMILES string of the molecule is CC1C=NC=C(C(C)(O)C(C)C)N1. The Balaban J connectivity index is 2.83. The van der Waals surface area contributed by atoms with Gasteiger partial charge in [0, 0.05) is 12.4 Å². The Morgan fingerprint density at radius 1 is 1.62 bits per heavy atom. The third-order valence-electron chi connectivity index (χ3n) is 2.57. The third-order valence-corrected chi connectivity index (χ3v) is 2.57. The summed E-state index contributed by atoms with van der Waals surface area (Å²) < 4.78 is 0. The predicted molar refractivity (Wildman–Crippen MR) is 54.6 cm³/mol. The first kappa shape index (κ1) is 10.3. The van der Waals surface area contributed by atoms with Crippen molar-refractivity contribution in [2.24, 2.45) is 10.9 Å². The molecule has 0 aromatic rings. The molecule has 1 rings (SSSR count). The van der Waals surface area contributed by atoms with Crippen LogP contribution in [0.25, 0.3) is 0 Å². The molecule has 0 bridgehead atoms. The second-order valence-electron chi connectivity index (χ2n) is 4.08. The van der Waals surface area contributed by atoms with Crippen LogP contribution in [0.15, 0.2) is 16.9 Å². The summed E-state index contributed by atoms with van der Waals surface area (Å²) in [6.45, 7) is 7.80. The van der Waals surface area contributed by atoms with E-state index in [0.717, 1.165) is 5.70 Å². The molecular formula is C10H18N2O. The van der Waals surface area contributed by atoms with Gasteiger partial charge in [0.2, 0.25) is 0 Å². The number of hydrogen-bond acceptors (Lipinski definition) is 3. The summed E-state index contributed by atoms with van der Waals surface area (Å²) in [5, 5.41) is 13.3. The summed E-state index contributed by atoms with van der Waals surface area (Å²) in [5.41, 5.74) is -0.0102. The Kier molecular flexibility index (Phi) is 2.76. The maximum Gasteiger partial charge on any atom is 0.105 e. The van der Waals surface area contributed by atoms with Gasteiger partial charge >= 0.3 is 0 Å². The van der Waals surface area contributed by atoms with E-state index in [-0.39, 0.29) is 12.0 Å². The first-order valence-corrected chi connectivity index (χ1v) is 4.67. The smallest absolute Gasteiger partial charge is 0.105 e. The van der Waals surface area contributed by atoms with Crippen LogP contribution in [-0.2, 0) is 0 Å². The lowest BCUT2D eigenvalue weighted by Crippen LogP contribution is -2.44. The number of nitrogens with one attached hydrogen (secondary N) is 1. The van der Waals surface area contributed by atoms with Crippen LogP contribution in [0, 0.1) is 5.92 Å². The molecule has 0 amide bonds. The lowest BCUT2D eigenvalue weighted by Gasteiger charge is -2.33. The van der Waals surface area contributed by atoms with E-state index in [1.54, 1.807) is 6.20 Å². The van der Waals surface area contributed by atoms with Crippen LogP contribution in [0.4, 0.5) is 0 Å². The normalized spacial score (nSPS) is 26.6. The van der Waals surface area contributed by atoms with Crippen LogP contribution in [0.3, 0.4) is 0 Å². The van der Waals surface area contributed by atoms with Crippen molar-refractivity contribution in [2.45, 2.75) is 39.3 Å². The van der Waals surface area contributed by atoms with Crippen LogP contribution in [0.1, 0.15) is 27.7 Å². The molecule has 2 N–H and O–H groups in total. The molecule has 74 valence electrons. The van der Waals surface area contributed by atoms with Crippen LogP contribution < -0.4 is 5.32 Å². The molecule has 3 nitrogen and oxygen atoms in total. The molecule has 2 atom stereocenters. The molecule has 3 heteroatoms. The van der Waals surface area contributed by atoms with Crippen LogP contribution in [0.2, 0.25) is 0 Å². The molecule has 0 saturated heterocycles. The molecule has 0 aliphatic carbocycles. The van der Waals surface area contributed by atoms with Crippen molar-refractivity contribution in [1.82, 2.24) is 5.32 Å². The van der Waals surface area contributed by atoms with Crippen molar-refractivity contribution in [3.8, 4) is 0 Å². The molecular weight excluding hydrogens is 164 g/mol. The van der Waals surface area contributed by atoms with Crippen molar-refractivity contribution < 1.29 is 5.11 Å². The zero-order chi connectivity index (χ0) is 10.1. The van der Waals surface area contributed by atoms with E-state index in [0.29, 0.717) is 0 Å². The molecule has 0 fully saturated rings. The first-order chi connectivity index (χ1) is 5.94. The molecule has 0 aromatic heterocycles. The van der Waals surface area contributed by atoms with E-state index >= 15 is 0 Å². The Morgan fingerprint density at radius 3 is 2.69 bits per heavy atom. The fourth-order valence-electron chi connectivity index (χ4n) is 1.15. The molecule has 13 heavy (non-hydrogen) atoms. The number of aliphatic hydroxyl groups is 1. The van der Waals surface area contributed by atoms with Crippen LogP contribution >= 0.6 is 0 Å². The Labute approximate surface area is 79.6 Å². The molecule has 0 radical (unpaired) electrons. The van der Waals surface area contributed by atoms with E-state index in [2.05, 4.69) is 10.3 Å². The van der Waals surface area contributed by atoms with E-state index < -0.39 is 5.60 Å². The molecule has 1 aliphatic heterocycles. The summed E-state index contributed by atoms with van der Waals surface area (Å²) in [6.07, 6.45) is 3.51. The Bertz CT molecular complexity index is 241. The minimum absolute atomic E-state index is 0.173. The van der Waals surface area contributed by atoms with Crippen molar-refractivity contribution in [3.63, 3.8) is 0 Å². The summed E-state index contributed by atoms with van der Waals surface area (Å²) >= 11 is 0. The highest BCUT2D eigenvalue weighted by molar-refractivity contribution is 5.66. The van der Waals surface area contributed by atoms with Gasteiger partial charge in [0.1, 0.15) is 5.60 Å². The van der Waals surface area contributed by atoms with Crippen LogP contribution in [0.5, 0.6) is 0 Å². The van der Waals surface area contributed by atoms with Crippen molar-refractivity contribution in [2.75, 3.05) is 0 Å². The van der Waals surface area contributed by atoms with Gasteiger partial charge in [0.05, 0.1) is 11.7 Å². The average molecular weight is 182 g/mol. The lowest BCUT2D eigenvalue weighted by molar-refractivity contribution is 0.0426. The fourth-order valence-corrected chi connectivity index (χ4v) is 1.15. The Hall–Kier alpha value is -0.830. The second kappa shape index (κ2) is 3.50. The maximum absolute atomic E-state index is 10.1. The summed E-state index contributed by atoms with van der Waals surface area (Å²) in [6, 6.07) is 0.199. The summed E-state index contributed by atoms with van der Waals surface area (Å²) in [4.78, 5) is 4.08. The summed E-state index contributed by atoms with van der Waals surface area (Å²) in [5.74, 6) is 0.173. The molecule has 2 unspecified atom stereocenters. The minimum atomic E-state index is -0.813. The summed E-state index contributed by atoms with van der Waals surface area (Å²) in [7, 11) is 0. The molecule has 0 saturated carbocycles. The maximum atomic E-state index is 10.1. The van der Waals surface area contributed by atoms with E-state index in [1.807, 2.05) is 33.9 Å². The van der Waals surface area contributed by atoms with Gasteiger partial charge in [0.25, 0.3) is 0 Å². The van der Waals surface area contributed by atoms with E-state index in [1.165, 1.54) is 0 Å². The highest BCUT2D eigenvalue weighted by Gasteiger charge is 2.31. The average Bonchev–Trinajstić information content (AvgIpc) is 2.04. The van der Waals surface area contributed by atoms with Crippen LogP contribution in [-0.4, -0.2) is 23.0 Å². The monoisotopic (exact) mass is 182 g/mol. The van der Waals surface area contributed by atoms with Gasteiger partial charge in [-0.2, -0.15) is 0 Å². The quantitative estimate of drug-likeness (QED) is 0.676. The van der Waals surface area contributed by atoms with Gasteiger partial charge in [-0.05, 0) is 19.8 Å². The minimum Gasteiger partial charge on any atom is -0.384 e. The molecule has 0 aromatic carbocycles. The zero-order valence-corrected chi connectivity index (χ0v) is 8.70. The second-order valence-corrected chi connectivity index (χ2v) is 4.08. The number of aliphatic imine (C=N–C) groups is 1. The van der Waals surface area contributed by atoms with Crippen molar-refractivity contribution >= 4 is 6.21 Å². The highest BCUT2D eigenvalue weighted by atomic mass is 16.3. The Morgan fingerprint density at radius 2 is 2.23 bits per heavy atom. The number of nitrogens with zero attached hydrogens (tertiary/aromatic N) is 1. The molecule has 0 spiro atoms. The van der Waals surface area contributed by atoms with Gasteiger partial charge in [-0.3, -0.25) is 4.99 Å². The standard InChI is InChI=1S/C10H18N2O/c1-7(2)10(4,13)9-6-11-5-8(3)12-9/h5-8,12-13H,1-4H3. The predicted octanol–water partition coefficient (Wildman–Crippen LogP) is 1.30. The largest absolute Gasteiger partial charge is 0.384 e. The van der Waals surface area contributed by atoms with Gasteiger partial charge in [-0.25, -0.2) is 0 Å². The van der Waals surface area contributed by atoms with E-state index in [4.69, 9.17) is 0 Å². The fraction of sp³-hybridized carbons (Fsp3) is 0.700. The lowest BCUT2D eigenvalue weighted by atomic mass is 9.88. The first-order valence-electron chi connectivity index (χ1n) is 4.67. The molecule has 1 heterocycles. The van der Waals surface area contributed by atoms with Gasteiger partial charge < -0.3 is 10.4 Å².